The van der Waals surface area contributed by atoms with E-state index in [-0.39, 0.29) is 38.7 Å². The second kappa shape index (κ2) is 16.5. The lowest BCUT2D eigenvalue weighted by Crippen LogP contribution is -2.44. The Labute approximate surface area is 237 Å². The lowest BCUT2D eigenvalue weighted by atomic mass is 9.91. The standard InChI is InChI=1S/C31H45NO8/c1-3-5-9-14-31(15-10-6-4-2)39-27-22-24(29(35)32-16-17-33)21-26(28(27)40-31)38-30(36)25-12-8-7-11-23(25)13-19-37-20-18-34/h7-8,11-13,19,22,26-28,33-34H,3-6,9-10,14-18,20-21H2,1-2H3,(H,32,35). The van der Waals surface area contributed by atoms with E-state index in [1.165, 1.54) is 6.26 Å². The number of benzene rings is 1. The molecular formula is C31H45NO8. The maximum Gasteiger partial charge on any atom is 0.339 e. The van der Waals surface area contributed by atoms with Gasteiger partial charge in [0, 0.05) is 31.4 Å². The summed E-state index contributed by atoms with van der Waals surface area (Å²) >= 11 is 0. The topological polar surface area (TPSA) is 124 Å². The van der Waals surface area contributed by atoms with Crippen LogP contribution in [0.25, 0.3) is 6.08 Å². The molecule has 1 aromatic carbocycles. The largest absolute Gasteiger partial charge is 0.499 e. The minimum Gasteiger partial charge on any atom is -0.499 e. The lowest BCUT2D eigenvalue weighted by molar-refractivity contribution is -0.190. The molecule has 2 aliphatic rings. The first kappa shape index (κ1) is 31.8. The molecule has 0 aromatic heterocycles. The molecule has 3 atom stereocenters. The normalized spacial score (nSPS) is 21.6. The van der Waals surface area contributed by atoms with E-state index >= 15 is 0 Å². The van der Waals surface area contributed by atoms with Crippen molar-refractivity contribution in [3.63, 3.8) is 0 Å². The van der Waals surface area contributed by atoms with Crippen molar-refractivity contribution in [1.29, 1.82) is 0 Å². The van der Waals surface area contributed by atoms with Crippen LogP contribution in [0.2, 0.25) is 0 Å². The summed E-state index contributed by atoms with van der Waals surface area (Å²) in [7, 11) is 0. The van der Waals surface area contributed by atoms with Crippen molar-refractivity contribution in [2.75, 3.05) is 26.4 Å². The van der Waals surface area contributed by atoms with Crippen molar-refractivity contribution in [1.82, 2.24) is 5.32 Å². The Morgan fingerprint density at radius 2 is 1.77 bits per heavy atom. The van der Waals surface area contributed by atoms with Crippen LogP contribution in [-0.4, -0.2) is 72.6 Å². The smallest absolute Gasteiger partial charge is 0.339 e. The fraction of sp³-hybridized carbons (Fsp3) is 0.613. The van der Waals surface area contributed by atoms with E-state index in [1.807, 2.05) is 0 Å². The number of ether oxygens (including phenoxy) is 4. The molecule has 3 unspecified atom stereocenters. The summed E-state index contributed by atoms with van der Waals surface area (Å²) in [4.78, 5) is 26.3. The molecule has 40 heavy (non-hydrogen) atoms. The second-order valence-corrected chi connectivity index (χ2v) is 10.3. The molecule has 0 spiro atoms. The van der Waals surface area contributed by atoms with Crippen molar-refractivity contribution >= 4 is 18.0 Å². The number of aliphatic hydroxyl groups excluding tert-OH is 2. The van der Waals surface area contributed by atoms with Crippen LogP contribution in [0.4, 0.5) is 0 Å². The monoisotopic (exact) mass is 559 g/mol. The number of carbonyl (C=O) groups excluding carboxylic acids is 2. The first-order valence-electron chi connectivity index (χ1n) is 14.6. The van der Waals surface area contributed by atoms with Gasteiger partial charge in [-0.15, -0.1) is 0 Å². The third-order valence-electron chi connectivity index (χ3n) is 7.18. The van der Waals surface area contributed by atoms with E-state index in [1.54, 1.807) is 36.4 Å². The number of amides is 1. The molecule has 1 amide bonds. The highest BCUT2D eigenvalue weighted by Crippen LogP contribution is 2.43. The Bertz CT molecular complexity index is 997. The van der Waals surface area contributed by atoms with Gasteiger partial charge in [-0.05, 0) is 36.6 Å². The maximum absolute atomic E-state index is 13.5. The maximum atomic E-state index is 13.5. The molecule has 0 saturated carbocycles. The fourth-order valence-electron chi connectivity index (χ4n) is 5.15. The predicted octanol–water partition coefficient (Wildman–Crippen LogP) is 4.27. The zero-order chi connectivity index (χ0) is 28.8. The summed E-state index contributed by atoms with van der Waals surface area (Å²) in [5, 5.41) is 20.8. The molecule has 0 bridgehead atoms. The van der Waals surface area contributed by atoms with Gasteiger partial charge in [0.25, 0.3) is 0 Å². The van der Waals surface area contributed by atoms with Gasteiger partial charge in [-0.25, -0.2) is 4.79 Å². The molecule has 0 radical (unpaired) electrons. The molecule has 1 aliphatic carbocycles. The third-order valence-corrected chi connectivity index (χ3v) is 7.18. The van der Waals surface area contributed by atoms with Crippen molar-refractivity contribution < 1.29 is 38.7 Å². The van der Waals surface area contributed by atoms with E-state index < -0.39 is 30.1 Å². The first-order valence-corrected chi connectivity index (χ1v) is 14.6. The molecule has 1 fully saturated rings. The Balaban J connectivity index is 1.85. The lowest BCUT2D eigenvalue weighted by Gasteiger charge is -2.31. The van der Waals surface area contributed by atoms with Crippen LogP contribution in [0.5, 0.6) is 0 Å². The van der Waals surface area contributed by atoms with Gasteiger partial charge in [0.1, 0.15) is 24.9 Å². The molecule has 1 aliphatic heterocycles. The highest BCUT2D eigenvalue weighted by Gasteiger charge is 2.52. The number of hydrogen-bond acceptors (Lipinski definition) is 8. The average Bonchev–Trinajstić information content (AvgIpc) is 3.33. The van der Waals surface area contributed by atoms with E-state index in [9.17, 15) is 14.7 Å². The first-order chi connectivity index (χ1) is 19.5. The third kappa shape index (κ3) is 8.89. The van der Waals surface area contributed by atoms with Crippen LogP contribution in [0, 0.1) is 0 Å². The molecular weight excluding hydrogens is 514 g/mol. The van der Waals surface area contributed by atoms with Gasteiger partial charge in [0.2, 0.25) is 5.91 Å². The van der Waals surface area contributed by atoms with Crippen LogP contribution in [0.3, 0.4) is 0 Å². The SMILES string of the molecule is CCCCCC1(CCCCC)OC2C=C(C(=O)NCCO)CC(OC(=O)c3ccccc3C=COCCO)C2O1. The van der Waals surface area contributed by atoms with E-state index in [4.69, 9.17) is 24.1 Å². The van der Waals surface area contributed by atoms with Gasteiger partial charge in [-0.2, -0.15) is 0 Å². The Morgan fingerprint density at radius 1 is 1.05 bits per heavy atom. The summed E-state index contributed by atoms with van der Waals surface area (Å²) in [5.74, 6) is -1.65. The number of rotatable bonds is 17. The Hall–Kier alpha value is -2.72. The average molecular weight is 560 g/mol. The van der Waals surface area contributed by atoms with Crippen LogP contribution in [0.1, 0.15) is 87.6 Å². The summed E-state index contributed by atoms with van der Waals surface area (Å²) in [5.41, 5.74) is 1.39. The molecule has 222 valence electrons. The highest BCUT2D eigenvalue weighted by atomic mass is 16.8. The number of nitrogens with one attached hydrogen (secondary N) is 1. The predicted molar refractivity (Wildman–Crippen MR) is 151 cm³/mol. The van der Waals surface area contributed by atoms with Crippen molar-refractivity contribution in [2.24, 2.45) is 0 Å². The Morgan fingerprint density at radius 3 is 2.45 bits per heavy atom. The molecule has 9 heteroatoms. The quantitative estimate of drug-likeness (QED) is 0.147. The van der Waals surface area contributed by atoms with Crippen LogP contribution >= 0.6 is 0 Å². The number of unbranched alkanes of at least 4 members (excludes halogenated alkanes) is 4. The van der Waals surface area contributed by atoms with E-state index in [0.29, 0.717) is 16.7 Å². The van der Waals surface area contributed by atoms with E-state index in [0.717, 1.165) is 51.4 Å². The minimum absolute atomic E-state index is 0.111. The molecule has 9 nitrogen and oxygen atoms in total. The molecule has 1 aromatic rings. The van der Waals surface area contributed by atoms with Gasteiger partial charge in [0.15, 0.2) is 5.79 Å². The zero-order valence-electron chi connectivity index (χ0n) is 23.8. The van der Waals surface area contributed by atoms with Crippen LogP contribution < -0.4 is 5.32 Å². The van der Waals surface area contributed by atoms with Gasteiger partial charge in [-0.3, -0.25) is 4.79 Å². The second-order valence-electron chi connectivity index (χ2n) is 10.3. The summed E-state index contributed by atoms with van der Waals surface area (Å²) in [6.07, 6.45) is 10.9. The molecule has 1 heterocycles. The zero-order valence-corrected chi connectivity index (χ0v) is 23.8. The molecule has 3 N–H and O–H groups in total. The van der Waals surface area contributed by atoms with Gasteiger partial charge in [-0.1, -0.05) is 57.7 Å². The van der Waals surface area contributed by atoms with Crippen molar-refractivity contribution in [3.05, 3.63) is 53.3 Å². The van der Waals surface area contributed by atoms with E-state index in [2.05, 4.69) is 19.2 Å². The number of esters is 1. The highest BCUT2D eigenvalue weighted by molar-refractivity contribution is 5.95. The van der Waals surface area contributed by atoms with Crippen molar-refractivity contribution in [3.8, 4) is 0 Å². The number of hydrogen-bond donors (Lipinski definition) is 3. The number of fused-ring (bicyclic) bond motifs is 1. The van der Waals surface area contributed by atoms with Gasteiger partial charge in [0.05, 0.1) is 25.0 Å². The number of aliphatic hydroxyl groups is 2. The van der Waals surface area contributed by atoms with Crippen molar-refractivity contribution in [2.45, 2.75) is 95.7 Å². The van der Waals surface area contributed by atoms with Crippen LogP contribution in [-0.2, 0) is 23.7 Å². The summed E-state index contributed by atoms with van der Waals surface area (Å²) in [6, 6.07) is 7.00. The number of carbonyl (C=O) groups is 2. The fourth-order valence-corrected chi connectivity index (χ4v) is 5.15. The molecule has 3 rings (SSSR count). The van der Waals surface area contributed by atoms with Gasteiger partial charge < -0.3 is 34.5 Å². The summed E-state index contributed by atoms with van der Waals surface area (Å²) < 4.78 is 24.5. The Kier molecular flexibility index (Phi) is 13.1. The minimum atomic E-state index is -0.789. The summed E-state index contributed by atoms with van der Waals surface area (Å²) in [6.45, 7) is 4.30. The van der Waals surface area contributed by atoms with Gasteiger partial charge >= 0.3 is 5.97 Å². The van der Waals surface area contributed by atoms with Crippen LogP contribution in [0.15, 0.2) is 42.2 Å². The molecule has 1 saturated heterocycles.